The van der Waals surface area contributed by atoms with Gasteiger partial charge >= 0.3 is 0 Å². The molecule has 2 rings (SSSR count). The van der Waals surface area contributed by atoms with Gasteiger partial charge < -0.3 is 9.47 Å². The number of allylic oxidation sites excluding steroid dienone is 2. The first kappa shape index (κ1) is 22.9. The fraction of sp³-hybridized carbons (Fsp3) is 0.520. The van der Waals surface area contributed by atoms with E-state index in [0.29, 0.717) is 18.2 Å². The average Bonchev–Trinajstić information content (AvgIpc) is 2.76. The molecule has 158 valence electrons. The van der Waals surface area contributed by atoms with Crippen molar-refractivity contribution in [3.8, 4) is 22.9 Å². The van der Waals surface area contributed by atoms with E-state index in [9.17, 15) is 0 Å². The summed E-state index contributed by atoms with van der Waals surface area (Å²) in [6, 6.07) is 8.00. The molecular formula is C25H36N2O2. The lowest BCUT2D eigenvalue weighted by molar-refractivity contribution is 0.304. The maximum atomic E-state index is 5.85. The predicted octanol–water partition coefficient (Wildman–Crippen LogP) is 7.01. The smallest absolute Gasteiger partial charge is 0.159 e. The van der Waals surface area contributed by atoms with Crippen LogP contribution in [0.25, 0.3) is 11.4 Å². The van der Waals surface area contributed by atoms with Crippen LogP contribution in [0, 0.1) is 0 Å². The number of nitrogens with zero attached hydrogens (tertiary/aromatic N) is 2. The molecule has 2 aromatic rings. The molecule has 0 bridgehead atoms. The summed E-state index contributed by atoms with van der Waals surface area (Å²) < 4.78 is 11.5. The number of rotatable bonds is 15. The molecule has 0 saturated carbocycles. The van der Waals surface area contributed by atoms with Gasteiger partial charge in [-0.25, -0.2) is 9.97 Å². The van der Waals surface area contributed by atoms with E-state index in [2.05, 4.69) is 29.0 Å². The number of hydrogen-bond donors (Lipinski definition) is 0. The lowest BCUT2D eigenvalue weighted by Crippen LogP contribution is -1.99. The minimum atomic E-state index is 0.678. The molecule has 0 fully saturated rings. The molecule has 0 atom stereocenters. The molecule has 29 heavy (non-hydrogen) atoms. The van der Waals surface area contributed by atoms with Gasteiger partial charge in [-0.3, -0.25) is 0 Å². The fourth-order valence-corrected chi connectivity index (χ4v) is 3.05. The van der Waals surface area contributed by atoms with Crippen molar-refractivity contribution in [3.05, 3.63) is 48.8 Å². The van der Waals surface area contributed by atoms with E-state index in [1.807, 2.05) is 31.2 Å². The van der Waals surface area contributed by atoms with E-state index in [0.717, 1.165) is 37.2 Å². The van der Waals surface area contributed by atoms with E-state index < -0.39 is 0 Å². The lowest BCUT2D eigenvalue weighted by Gasteiger charge is -2.08. The van der Waals surface area contributed by atoms with Gasteiger partial charge in [-0.1, -0.05) is 57.6 Å². The zero-order chi connectivity index (χ0) is 20.6. The molecule has 1 heterocycles. The van der Waals surface area contributed by atoms with Gasteiger partial charge in [0.1, 0.15) is 5.75 Å². The molecule has 0 aliphatic carbocycles. The summed E-state index contributed by atoms with van der Waals surface area (Å²) >= 11 is 0. The highest BCUT2D eigenvalue weighted by Gasteiger charge is 2.03. The molecule has 0 saturated heterocycles. The van der Waals surface area contributed by atoms with Crippen molar-refractivity contribution in [2.45, 2.75) is 71.6 Å². The molecular weight excluding hydrogens is 360 g/mol. The highest BCUT2D eigenvalue weighted by molar-refractivity contribution is 5.56. The average molecular weight is 397 g/mol. The third-order valence-corrected chi connectivity index (χ3v) is 4.78. The second-order valence-electron chi connectivity index (χ2n) is 7.30. The van der Waals surface area contributed by atoms with Gasteiger partial charge in [0.25, 0.3) is 0 Å². The van der Waals surface area contributed by atoms with Crippen molar-refractivity contribution in [1.82, 2.24) is 9.97 Å². The maximum absolute atomic E-state index is 5.85. The number of hydrogen-bond acceptors (Lipinski definition) is 4. The van der Waals surface area contributed by atoms with E-state index >= 15 is 0 Å². The van der Waals surface area contributed by atoms with Crippen LogP contribution in [-0.4, -0.2) is 23.2 Å². The Bertz CT molecular complexity index is 681. The SMILES string of the molecule is CC=CCCCOc1cnc(-c2ccc(OCCCCCCCCC)cc2)nc1. The van der Waals surface area contributed by atoms with E-state index in [4.69, 9.17) is 9.47 Å². The number of unbranched alkanes of at least 4 members (excludes halogenated alkanes) is 7. The Hall–Kier alpha value is -2.36. The summed E-state index contributed by atoms with van der Waals surface area (Å²) in [6.07, 6.45) is 18.8. The van der Waals surface area contributed by atoms with Crippen molar-refractivity contribution in [2.75, 3.05) is 13.2 Å². The minimum absolute atomic E-state index is 0.678. The van der Waals surface area contributed by atoms with Gasteiger partial charge in [-0.2, -0.15) is 0 Å². The number of ether oxygens (including phenoxy) is 2. The Balaban J connectivity index is 1.68. The molecule has 4 nitrogen and oxygen atoms in total. The lowest BCUT2D eigenvalue weighted by atomic mass is 10.1. The van der Waals surface area contributed by atoms with Crippen LogP contribution in [-0.2, 0) is 0 Å². The second kappa shape index (κ2) is 14.6. The van der Waals surface area contributed by atoms with E-state index in [-0.39, 0.29) is 0 Å². The van der Waals surface area contributed by atoms with Crippen molar-refractivity contribution in [3.63, 3.8) is 0 Å². The summed E-state index contributed by atoms with van der Waals surface area (Å²) in [6.45, 7) is 5.74. The van der Waals surface area contributed by atoms with Crippen molar-refractivity contribution >= 4 is 0 Å². The summed E-state index contributed by atoms with van der Waals surface area (Å²) in [5.74, 6) is 2.31. The topological polar surface area (TPSA) is 44.2 Å². The first-order chi connectivity index (χ1) is 14.3. The molecule has 0 aliphatic rings. The summed E-state index contributed by atoms with van der Waals surface area (Å²) in [5, 5.41) is 0. The third-order valence-electron chi connectivity index (χ3n) is 4.78. The van der Waals surface area contributed by atoms with Gasteiger partial charge in [-0.05, 0) is 50.5 Å². The predicted molar refractivity (Wildman–Crippen MR) is 120 cm³/mol. The van der Waals surface area contributed by atoms with Crippen LogP contribution in [0.5, 0.6) is 11.5 Å². The largest absolute Gasteiger partial charge is 0.494 e. The molecule has 1 aromatic heterocycles. The zero-order valence-electron chi connectivity index (χ0n) is 18.1. The molecule has 0 spiro atoms. The van der Waals surface area contributed by atoms with Gasteiger partial charge in [0, 0.05) is 5.56 Å². The molecule has 0 N–H and O–H groups in total. The summed E-state index contributed by atoms with van der Waals surface area (Å²) in [4.78, 5) is 8.84. The Morgan fingerprint density at radius 3 is 2.07 bits per heavy atom. The highest BCUT2D eigenvalue weighted by atomic mass is 16.5. The number of aromatic nitrogens is 2. The van der Waals surface area contributed by atoms with Gasteiger partial charge in [0.15, 0.2) is 11.6 Å². The zero-order valence-corrected chi connectivity index (χ0v) is 18.1. The monoisotopic (exact) mass is 396 g/mol. The van der Waals surface area contributed by atoms with Crippen LogP contribution >= 0.6 is 0 Å². The van der Waals surface area contributed by atoms with E-state index in [1.165, 1.54) is 38.5 Å². The van der Waals surface area contributed by atoms with Crippen molar-refractivity contribution in [2.24, 2.45) is 0 Å². The first-order valence-corrected chi connectivity index (χ1v) is 11.1. The highest BCUT2D eigenvalue weighted by Crippen LogP contribution is 2.21. The normalized spacial score (nSPS) is 11.1. The van der Waals surface area contributed by atoms with Crippen LogP contribution in [0.2, 0.25) is 0 Å². The Morgan fingerprint density at radius 1 is 0.759 bits per heavy atom. The van der Waals surface area contributed by atoms with Crippen molar-refractivity contribution < 1.29 is 9.47 Å². The molecule has 1 aromatic carbocycles. The van der Waals surface area contributed by atoms with Crippen LogP contribution < -0.4 is 9.47 Å². The van der Waals surface area contributed by atoms with Crippen LogP contribution in [0.1, 0.15) is 71.6 Å². The molecule has 0 amide bonds. The molecule has 4 heteroatoms. The molecule has 0 radical (unpaired) electrons. The summed E-state index contributed by atoms with van der Waals surface area (Å²) in [5.41, 5.74) is 0.980. The van der Waals surface area contributed by atoms with Gasteiger partial charge in [-0.15, -0.1) is 0 Å². The minimum Gasteiger partial charge on any atom is -0.494 e. The Morgan fingerprint density at radius 2 is 1.38 bits per heavy atom. The Labute approximate surface area is 176 Å². The fourth-order valence-electron chi connectivity index (χ4n) is 3.05. The van der Waals surface area contributed by atoms with Gasteiger partial charge in [0.05, 0.1) is 25.6 Å². The summed E-state index contributed by atoms with van der Waals surface area (Å²) in [7, 11) is 0. The molecule has 0 unspecified atom stereocenters. The van der Waals surface area contributed by atoms with Crippen molar-refractivity contribution in [1.29, 1.82) is 0 Å². The molecule has 0 aliphatic heterocycles. The third kappa shape index (κ3) is 9.60. The second-order valence-corrected chi connectivity index (χ2v) is 7.30. The van der Waals surface area contributed by atoms with Crippen LogP contribution in [0.3, 0.4) is 0 Å². The standard InChI is InChI=1S/C25H36N2O2/c1-3-5-7-9-10-11-13-18-28-23-16-14-22(15-17-23)25-26-20-24(21-27-25)29-19-12-8-6-4-2/h4,6,14-17,20-21H,3,5,7-13,18-19H2,1-2H3. The first-order valence-electron chi connectivity index (χ1n) is 11.1. The van der Waals surface area contributed by atoms with Crippen LogP contribution in [0.15, 0.2) is 48.8 Å². The quantitative estimate of drug-likeness (QED) is 0.240. The van der Waals surface area contributed by atoms with E-state index in [1.54, 1.807) is 12.4 Å². The number of benzene rings is 1. The van der Waals surface area contributed by atoms with Gasteiger partial charge in [0.2, 0.25) is 0 Å². The maximum Gasteiger partial charge on any atom is 0.159 e. The Kier molecular flexibility index (Phi) is 11.6. The van der Waals surface area contributed by atoms with Crippen LogP contribution in [0.4, 0.5) is 0 Å².